The van der Waals surface area contributed by atoms with Crippen LogP contribution in [0.1, 0.15) is 43.0 Å². The first-order valence-corrected chi connectivity index (χ1v) is 11.3. The predicted octanol–water partition coefficient (Wildman–Crippen LogP) is 5.79. The normalized spacial score (nSPS) is 17.2. The van der Waals surface area contributed by atoms with Gasteiger partial charge in [0, 0.05) is 24.2 Å². The van der Waals surface area contributed by atoms with Gasteiger partial charge in [0.15, 0.2) is 11.5 Å². The van der Waals surface area contributed by atoms with Gasteiger partial charge >= 0.3 is 18.4 Å². The van der Waals surface area contributed by atoms with Crippen molar-refractivity contribution < 1.29 is 41.7 Å². The molecule has 36 heavy (non-hydrogen) atoms. The highest BCUT2D eigenvalue weighted by Crippen LogP contribution is 2.46. The molecule has 2 aromatic rings. The highest BCUT2D eigenvalue weighted by molar-refractivity contribution is 5.91. The van der Waals surface area contributed by atoms with Gasteiger partial charge in [-0.05, 0) is 44.0 Å². The number of hydrogen-bond acceptors (Lipinski definition) is 6. The van der Waals surface area contributed by atoms with Gasteiger partial charge in [-0.3, -0.25) is 9.80 Å². The lowest BCUT2D eigenvalue weighted by Gasteiger charge is -2.42. The van der Waals surface area contributed by atoms with Crippen LogP contribution in [-0.4, -0.2) is 51.1 Å². The minimum absolute atomic E-state index is 0.0185. The van der Waals surface area contributed by atoms with Gasteiger partial charge in [0.05, 0.1) is 45.2 Å². The monoisotopic (exact) mass is 510 g/mol. The first-order chi connectivity index (χ1) is 17.0. The molecule has 0 fully saturated rings. The molecule has 3 rings (SSSR count). The number of methoxy groups -OCH3 is 3. The van der Waals surface area contributed by atoms with Crippen LogP contribution < -0.4 is 14.4 Å². The number of carbonyl (C=O) groups excluding carboxylic acids is 2. The molecule has 196 valence electrons. The number of ether oxygens (including phenoxy) is 4. The maximum absolute atomic E-state index is 13.0. The zero-order chi connectivity index (χ0) is 26.6. The molecule has 11 heteroatoms. The largest absolute Gasteiger partial charge is 0.493 e. The van der Waals surface area contributed by atoms with Crippen LogP contribution in [0.4, 0.5) is 28.4 Å². The van der Waals surface area contributed by atoms with Gasteiger partial charge in [0.25, 0.3) is 0 Å². The Hall–Kier alpha value is -3.63. The third-order valence-electron chi connectivity index (χ3n) is 6.04. The van der Waals surface area contributed by atoms with Gasteiger partial charge < -0.3 is 18.9 Å². The van der Waals surface area contributed by atoms with Gasteiger partial charge in [0.1, 0.15) is 0 Å². The number of benzene rings is 2. The van der Waals surface area contributed by atoms with Gasteiger partial charge in [-0.2, -0.15) is 13.2 Å². The maximum Gasteiger partial charge on any atom is 0.416 e. The fourth-order valence-corrected chi connectivity index (χ4v) is 4.33. The van der Waals surface area contributed by atoms with Crippen molar-refractivity contribution in [3.05, 3.63) is 53.1 Å². The van der Waals surface area contributed by atoms with E-state index in [1.54, 1.807) is 19.1 Å². The number of halogens is 3. The first kappa shape index (κ1) is 27.0. The van der Waals surface area contributed by atoms with Gasteiger partial charge in [-0.15, -0.1) is 0 Å². The summed E-state index contributed by atoms with van der Waals surface area (Å²) >= 11 is 0. The van der Waals surface area contributed by atoms with Crippen molar-refractivity contribution in [1.82, 2.24) is 4.90 Å². The molecule has 1 aliphatic rings. The Morgan fingerprint density at radius 1 is 1.06 bits per heavy atom. The minimum Gasteiger partial charge on any atom is -0.493 e. The van der Waals surface area contributed by atoms with E-state index in [4.69, 9.17) is 18.9 Å². The third kappa shape index (κ3) is 5.44. The first-order valence-electron chi connectivity index (χ1n) is 11.3. The van der Waals surface area contributed by atoms with Crippen molar-refractivity contribution in [2.75, 3.05) is 32.8 Å². The molecule has 0 N–H and O–H groups in total. The van der Waals surface area contributed by atoms with E-state index < -0.39 is 30.0 Å². The van der Waals surface area contributed by atoms with Crippen molar-refractivity contribution in [3.63, 3.8) is 0 Å². The van der Waals surface area contributed by atoms with E-state index in [2.05, 4.69) is 0 Å². The van der Waals surface area contributed by atoms with E-state index in [1.165, 1.54) is 43.3 Å². The van der Waals surface area contributed by atoms with E-state index in [1.807, 2.05) is 6.92 Å². The second-order valence-electron chi connectivity index (χ2n) is 8.23. The molecule has 2 aromatic carbocycles. The fourth-order valence-electron chi connectivity index (χ4n) is 4.33. The molecule has 8 nitrogen and oxygen atoms in total. The molecule has 1 heterocycles. The average Bonchev–Trinajstić information content (AvgIpc) is 2.85. The lowest BCUT2D eigenvalue weighted by molar-refractivity contribution is -0.137. The Morgan fingerprint density at radius 3 is 2.19 bits per heavy atom. The molecule has 0 radical (unpaired) electrons. The summed E-state index contributed by atoms with van der Waals surface area (Å²) in [5.41, 5.74) is 0.748. The summed E-state index contributed by atoms with van der Waals surface area (Å²) in [7, 11) is 4.16. The summed E-state index contributed by atoms with van der Waals surface area (Å²) in [6.45, 7) is 3.68. The fraction of sp³-hybridized carbons (Fsp3) is 0.440. The lowest BCUT2D eigenvalue weighted by Crippen LogP contribution is -2.47. The standard InChI is InChI=1S/C25H29F3N2O6/c1-6-36-24(32)30-15(2)11-19(18-12-21(33-3)22(34-4)13-20(18)30)29(23(31)35-5)14-16-7-9-17(10-8-16)25(26,27)28/h7-10,12-13,15,19H,6,11,14H2,1-5H3/t15-,19+/m1/s1. The quantitative estimate of drug-likeness (QED) is 0.490. The Morgan fingerprint density at radius 2 is 1.67 bits per heavy atom. The van der Waals surface area contributed by atoms with Crippen LogP contribution in [0.5, 0.6) is 11.5 Å². The van der Waals surface area contributed by atoms with Crippen LogP contribution in [0.15, 0.2) is 36.4 Å². The Bertz CT molecular complexity index is 1090. The summed E-state index contributed by atoms with van der Waals surface area (Å²) in [5, 5.41) is 0. The molecule has 0 saturated heterocycles. The predicted molar refractivity (Wildman–Crippen MR) is 125 cm³/mol. The van der Waals surface area contributed by atoms with E-state index in [9.17, 15) is 22.8 Å². The second-order valence-corrected chi connectivity index (χ2v) is 8.23. The number of anilines is 1. The Kier molecular flexibility index (Phi) is 8.21. The van der Waals surface area contributed by atoms with E-state index >= 15 is 0 Å². The number of alkyl halides is 3. The number of rotatable bonds is 6. The molecule has 0 aliphatic carbocycles. The summed E-state index contributed by atoms with van der Waals surface area (Å²) in [4.78, 5) is 28.7. The summed E-state index contributed by atoms with van der Waals surface area (Å²) in [6, 6.07) is 6.93. The van der Waals surface area contributed by atoms with Crippen molar-refractivity contribution in [1.29, 1.82) is 0 Å². The zero-order valence-electron chi connectivity index (χ0n) is 20.7. The molecule has 0 unspecified atom stereocenters. The molecule has 0 bridgehead atoms. The van der Waals surface area contributed by atoms with Gasteiger partial charge in [-0.1, -0.05) is 12.1 Å². The molecule has 1 aliphatic heterocycles. The Labute approximate surface area is 207 Å². The van der Waals surface area contributed by atoms with Crippen LogP contribution in [0.25, 0.3) is 0 Å². The summed E-state index contributed by atoms with van der Waals surface area (Å²) in [6.07, 6.45) is -5.37. The minimum atomic E-state index is -4.47. The van der Waals surface area contributed by atoms with E-state index in [0.717, 1.165) is 12.1 Å². The zero-order valence-corrected chi connectivity index (χ0v) is 20.7. The van der Waals surface area contributed by atoms with Crippen LogP contribution in [-0.2, 0) is 22.2 Å². The smallest absolute Gasteiger partial charge is 0.416 e. The van der Waals surface area contributed by atoms with Crippen molar-refractivity contribution in [2.24, 2.45) is 0 Å². The van der Waals surface area contributed by atoms with Gasteiger partial charge in [0.2, 0.25) is 0 Å². The summed E-state index contributed by atoms with van der Waals surface area (Å²) < 4.78 is 60.2. The molecular formula is C25H29F3N2O6. The second kappa shape index (κ2) is 11.0. The number of nitrogens with zero attached hydrogens (tertiary/aromatic N) is 2. The summed E-state index contributed by atoms with van der Waals surface area (Å²) in [5.74, 6) is 0.768. The topological polar surface area (TPSA) is 77.5 Å². The molecule has 0 saturated carbocycles. The number of hydrogen-bond donors (Lipinski definition) is 0. The van der Waals surface area contributed by atoms with E-state index in [-0.39, 0.29) is 19.2 Å². The SMILES string of the molecule is CCOC(=O)N1c2cc(OC)c(OC)cc2[C@@H](N(Cc2ccc(C(F)(F)F)cc2)C(=O)OC)C[C@H]1C. The number of fused-ring (bicyclic) bond motifs is 1. The van der Waals surface area contributed by atoms with Crippen LogP contribution in [0, 0.1) is 0 Å². The van der Waals surface area contributed by atoms with Gasteiger partial charge in [-0.25, -0.2) is 9.59 Å². The molecular weight excluding hydrogens is 481 g/mol. The Balaban J connectivity index is 2.09. The average molecular weight is 511 g/mol. The number of carbonyl (C=O) groups is 2. The molecule has 2 atom stereocenters. The van der Waals surface area contributed by atoms with Crippen molar-refractivity contribution >= 4 is 17.9 Å². The molecule has 0 aromatic heterocycles. The maximum atomic E-state index is 13.0. The highest BCUT2D eigenvalue weighted by atomic mass is 19.4. The molecule has 2 amide bonds. The lowest BCUT2D eigenvalue weighted by atomic mass is 9.90. The number of amides is 2. The van der Waals surface area contributed by atoms with Crippen LogP contribution in [0.3, 0.4) is 0 Å². The van der Waals surface area contributed by atoms with Crippen molar-refractivity contribution in [3.8, 4) is 11.5 Å². The third-order valence-corrected chi connectivity index (χ3v) is 6.04. The highest BCUT2D eigenvalue weighted by Gasteiger charge is 2.40. The van der Waals surface area contributed by atoms with Crippen LogP contribution in [0.2, 0.25) is 0 Å². The molecule has 0 spiro atoms. The van der Waals surface area contributed by atoms with Crippen molar-refractivity contribution in [2.45, 2.75) is 45.1 Å². The van der Waals surface area contributed by atoms with Crippen LogP contribution >= 0.6 is 0 Å². The van der Waals surface area contributed by atoms with E-state index in [0.29, 0.717) is 34.7 Å².